The minimum absolute atomic E-state index is 0.105. The van der Waals surface area contributed by atoms with Crippen LogP contribution < -0.4 is 0 Å². The summed E-state index contributed by atoms with van der Waals surface area (Å²) in [6, 6.07) is 7.91. The number of nitrogens with zero attached hydrogens (tertiary/aromatic N) is 5. The number of rotatable bonds is 2. The molecule has 0 unspecified atom stereocenters. The van der Waals surface area contributed by atoms with Crippen molar-refractivity contribution in [1.29, 1.82) is 0 Å². The molecule has 1 atom stereocenters. The molecule has 4 rings (SSSR count). The van der Waals surface area contributed by atoms with Gasteiger partial charge in [0, 0.05) is 24.8 Å². The number of carbonyl (C=O) groups excluding carboxylic acids is 1. The summed E-state index contributed by atoms with van der Waals surface area (Å²) in [5.74, 6) is 1.09. The molecule has 138 valence electrons. The molecule has 1 aliphatic heterocycles. The first-order chi connectivity index (χ1) is 13.0. The normalized spacial score (nSPS) is 16.3. The Morgan fingerprint density at radius 1 is 1.26 bits per heavy atom. The Morgan fingerprint density at radius 3 is 2.85 bits per heavy atom. The van der Waals surface area contributed by atoms with Crippen molar-refractivity contribution in [3.05, 3.63) is 58.0 Å². The molecular formula is C18H15Cl2N5O2. The average Bonchev–Trinajstić information content (AvgIpc) is 3.05. The van der Waals surface area contributed by atoms with Gasteiger partial charge in [0.25, 0.3) is 5.91 Å². The molecule has 27 heavy (non-hydrogen) atoms. The van der Waals surface area contributed by atoms with Gasteiger partial charge in [-0.1, -0.05) is 29.3 Å². The third-order valence-electron chi connectivity index (χ3n) is 4.53. The van der Waals surface area contributed by atoms with E-state index in [0.717, 1.165) is 0 Å². The third-order valence-corrected chi connectivity index (χ3v) is 5.35. The first-order valence-electron chi connectivity index (χ1n) is 8.28. The van der Waals surface area contributed by atoms with E-state index in [1.807, 2.05) is 11.5 Å². The summed E-state index contributed by atoms with van der Waals surface area (Å²) < 4.78 is 1.91. The van der Waals surface area contributed by atoms with E-state index in [0.29, 0.717) is 34.5 Å². The van der Waals surface area contributed by atoms with Crippen molar-refractivity contribution in [2.24, 2.45) is 0 Å². The molecule has 0 saturated heterocycles. The zero-order chi connectivity index (χ0) is 19.1. The maximum atomic E-state index is 13.0. The van der Waals surface area contributed by atoms with Crippen LogP contribution in [0.15, 0.2) is 36.5 Å². The highest BCUT2D eigenvalue weighted by atomic mass is 35.5. The fourth-order valence-electron chi connectivity index (χ4n) is 3.14. The van der Waals surface area contributed by atoms with E-state index >= 15 is 0 Å². The van der Waals surface area contributed by atoms with E-state index in [-0.39, 0.29) is 29.3 Å². The van der Waals surface area contributed by atoms with Gasteiger partial charge in [-0.3, -0.25) is 9.78 Å². The second-order valence-electron chi connectivity index (χ2n) is 6.33. The zero-order valence-electron chi connectivity index (χ0n) is 14.3. The van der Waals surface area contributed by atoms with E-state index in [2.05, 4.69) is 15.2 Å². The van der Waals surface area contributed by atoms with Crippen LogP contribution in [0.1, 0.15) is 23.1 Å². The number of aromatic nitrogens is 4. The highest BCUT2D eigenvalue weighted by Crippen LogP contribution is 2.30. The van der Waals surface area contributed by atoms with Crippen LogP contribution in [0.2, 0.25) is 10.0 Å². The number of fused-ring (bicyclic) bond motifs is 1. The number of hydrogen-bond acceptors (Lipinski definition) is 5. The molecule has 9 heteroatoms. The van der Waals surface area contributed by atoms with Crippen LogP contribution in [0.3, 0.4) is 0 Å². The van der Waals surface area contributed by atoms with Crippen LogP contribution in [0.25, 0.3) is 11.5 Å². The molecule has 2 aromatic heterocycles. The zero-order valence-corrected chi connectivity index (χ0v) is 15.8. The Bertz CT molecular complexity index is 1040. The van der Waals surface area contributed by atoms with Gasteiger partial charge < -0.3 is 14.6 Å². The molecule has 3 aromatic rings. The summed E-state index contributed by atoms with van der Waals surface area (Å²) >= 11 is 12.3. The monoisotopic (exact) mass is 403 g/mol. The Balaban J connectivity index is 1.67. The molecule has 7 nitrogen and oxygen atoms in total. The first-order valence-corrected chi connectivity index (χ1v) is 9.03. The fourth-order valence-corrected chi connectivity index (χ4v) is 3.52. The third kappa shape index (κ3) is 3.13. The van der Waals surface area contributed by atoms with Gasteiger partial charge in [-0.05, 0) is 25.1 Å². The molecule has 1 N–H and O–H groups in total. The van der Waals surface area contributed by atoms with Gasteiger partial charge in [0.05, 0.1) is 22.2 Å². The molecule has 0 aliphatic carbocycles. The minimum Gasteiger partial charge on any atom is -0.508 e. The molecule has 1 amide bonds. The number of hydrogen-bond donors (Lipinski definition) is 1. The Labute approximate surface area is 165 Å². The fraction of sp³-hybridized carbons (Fsp3) is 0.222. The van der Waals surface area contributed by atoms with Crippen LogP contribution in [-0.4, -0.2) is 41.7 Å². The number of benzene rings is 1. The standard InChI is InChI=1S/C18H15Cl2N5O2/c1-10-8-25-15(22-23-17(25)14-7-11(26)5-6-21-14)9-24(10)18(27)12-3-2-4-13(19)16(12)20/h2-7,10H,8-9H2,1H3,(H,21,26)/t10-/m0/s1. The van der Waals surface area contributed by atoms with Crippen molar-refractivity contribution >= 4 is 29.1 Å². The molecule has 1 aliphatic rings. The second-order valence-corrected chi connectivity index (χ2v) is 7.12. The van der Waals surface area contributed by atoms with Gasteiger partial charge in [-0.2, -0.15) is 0 Å². The summed E-state index contributed by atoms with van der Waals surface area (Å²) in [6.45, 7) is 2.73. The Morgan fingerprint density at radius 2 is 2.07 bits per heavy atom. The lowest BCUT2D eigenvalue weighted by Gasteiger charge is -2.34. The number of pyridine rings is 1. The number of carbonyl (C=O) groups is 1. The summed E-state index contributed by atoms with van der Waals surface area (Å²) in [6.07, 6.45) is 1.51. The molecular weight excluding hydrogens is 389 g/mol. The quantitative estimate of drug-likeness (QED) is 0.708. The lowest BCUT2D eigenvalue weighted by atomic mass is 10.1. The van der Waals surface area contributed by atoms with E-state index in [1.54, 1.807) is 23.1 Å². The van der Waals surface area contributed by atoms with Crippen LogP contribution >= 0.6 is 23.2 Å². The van der Waals surface area contributed by atoms with Crippen LogP contribution in [0.5, 0.6) is 5.75 Å². The van der Waals surface area contributed by atoms with Crippen LogP contribution in [0.4, 0.5) is 0 Å². The summed E-state index contributed by atoms with van der Waals surface area (Å²) in [5, 5.41) is 18.7. The second kappa shape index (κ2) is 6.83. The smallest absolute Gasteiger partial charge is 0.256 e. The van der Waals surface area contributed by atoms with Crippen molar-refractivity contribution in [1.82, 2.24) is 24.6 Å². The number of aromatic hydroxyl groups is 1. The Hall–Kier alpha value is -2.64. The SMILES string of the molecule is C[C@H]1Cn2c(nnc2-c2cc(O)ccn2)CN1C(=O)c1cccc(Cl)c1Cl. The van der Waals surface area contributed by atoms with E-state index in [9.17, 15) is 9.90 Å². The Kier molecular flexibility index (Phi) is 4.49. The van der Waals surface area contributed by atoms with E-state index < -0.39 is 0 Å². The largest absolute Gasteiger partial charge is 0.508 e. The van der Waals surface area contributed by atoms with E-state index in [1.165, 1.54) is 18.3 Å². The lowest BCUT2D eigenvalue weighted by molar-refractivity contribution is 0.0612. The molecule has 0 spiro atoms. The number of halogens is 2. The summed E-state index contributed by atoms with van der Waals surface area (Å²) in [4.78, 5) is 18.9. The average molecular weight is 404 g/mol. The molecule has 0 fully saturated rings. The van der Waals surface area contributed by atoms with Crippen molar-refractivity contribution in [2.75, 3.05) is 0 Å². The first kappa shape index (κ1) is 17.8. The molecule has 0 saturated carbocycles. The van der Waals surface area contributed by atoms with Gasteiger partial charge in [0.2, 0.25) is 0 Å². The highest BCUT2D eigenvalue weighted by molar-refractivity contribution is 6.43. The lowest BCUT2D eigenvalue weighted by Crippen LogP contribution is -2.45. The van der Waals surface area contributed by atoms with Crippen LogP contribution in [-0.2, 0) is 13.1 Å². The maximum Gasteiger partial charge on any atom is 0.256 e. The van der Waals surface area contributed by atoms with Gasteiger partial charge in [-0.25, -0.2) is 0 Å². The van der Waals surface area contributed by atoms with Crippen molar-refractivity contribution in [2.45, 2.75) is 26.1 Å². The molecule has 0 bridgehead atoms. The van der Waals surface area contributed by atoms with Crippen molar-refractivity contribution in [3.8, 4) is 17.3 Å². The molecule has 0 radical (unpaired) electrons. The maximum absolute atomic E-state index is 13.0. The van der Waals surface area contributed by atoms with E-state index in [4.69, 9.17) is 23.2 Å². The molecule has 3 heterocycles. The van der Waals surface area contributed by atoms with Gasteiger partial charge in [-0.15, -0.1) is 10.2 Å². The number of amides is 1. The predicted octanol–water partition coefficient (Wildman–Crippen LogP) is 3.40. The topological polar surface area (TPSA) is 84.1 Å². The minimum atomic E-state index is -0.207. The van der Waals surface area contributed by atoms with Gasteiger partial charge in [0.15, 0.2) is 11.6 Å². The summed E-state index contributed by atoms with van der Waals surface area (Å²) in [7, 11) is 0. The molecule has 1 aromatic carbocycles. The van der Waals surface area contributed by atoms with Gasteiger partial charge in [0.1, 0.15) is 11.4 Å². The van der Waals surface area contributed by atoms with Crippen molar-refractivity contribution in [3.63, 3.8) is 0 Å². The van der Waals surface area contributed by atoms with Gasteiger partial charge >= 0.3 is 0 Å². The predicted molar refractivity (Wildman–Crippen MR) is 101 cm³/mol. The summed E-state index contributed by atoms with van der Waals surface area (Å²) in [5.41, 5.74) is 0.887. The van der Waals surface area contributed by atoms with Crippen LogP contribution in [0, 0.1) is 0 Å². The highest BCUT2D eigenvalue weighted by Gasteiger charge is 2.32. The van der Waals surface area contributed by atoms with Crippen molar-refractivity contribution < 1.29 is 9.90 Å².